The summed E-state index contributed by atoms with van der Waals surface area (Å²) in [6.45, 7) is -2.89. The zero-order chi connectivity index (χ0) is 18.1. The minimum Gasteiger partial charge on any atom is -0.452 e. The Kier molecular flexibility index (Phi) is 6.88. The van der Waals surface area contributed by atoms with Crippen molar-refractivity contribution in [1.82, 2.24) is 5.32 Å². The first-order chi connectivity index (χ1) is 12.0. The van der Waals surface area contributed by atoms with Crippen molar-refractivity contribution in [2.24, 2.45) is 0 Å². The zero-order valence-corrected chi connectivity index (χ0v) is 13.3. The second-order valence-electron chi connectivity index (χ2n) is 5.06. The number of carbonyl (C=O) groups excluding carboxylic acids is 2. The smallest absolute Gasteiger partial charge is 0.387 e. The highest BCUT2D eigenvalue weighted by atomic mass is 19.3. The lowest BCUT2D eigenvalue weighted by Crippen LogP contribution is -2.30. The molecule has 0 spiro atoms. The summed E-state index contributed by atoms with van der Waals surface area (Å²) in [6, 6.07) is 14.5. The monoisotopic (exact) mass is 349 g/mol. The van der Waals surface area contributed by atoms with E-state index in [1.54, 1.807) is 42.5 Å². The molecule has 0 fully saturated rings. The molecule has 0 aliphatic rings. The Bertz CT molecular complexity index is 690. The Balaban J connectivity index is 1.67. The average Bonchev–Trinajstić information content (AvgIpc) is 2.61. The first-order valence-corrected chi connectivity index (χ1v) is 7.57. The van der Waals surface area contributed by atoms with Gasteiger partial charge in [-0.05, 0) is 36.2 Å². The third-order valence-corrected chi connectivity index (χ3v) is 3.23. The van der Waals surface area contributed by atoms with Gasteiger partial charge < -0.3 is 14.8 Å². The van der Waals surface area contributed by atoms with Crippen LogP contribution in [-0.4, -0.2) is 31.6 Å². The van der Waals surface area contributed by atoms with Crippen molar-refractivity contribution >= 4 is 11.9 Å². The van der Waals surface area contributed by atoms with Crippen molar-refractivity contribution in [1.29, 1.82) is 0 Å². The Labute approximate surface area is 143 Å². The molecule has 2 aromatic rings. The van der Waals surface area contributed by atoms with E-state index >= 15 is 0 Å². The maximum atomic E-state index is 12.0. The number of ether oxygens (including phenoxy) is 2. The second kappa shape index (κ2) is 9.36. The number of carbonyl (C=O) groups is 2. The Morgan fingerprint density at radius 3 is 2.32 bits per heavy atom. The predicted octanol–water partition coefficient (Wildman–Crippen LogP) is 2.80. The number of halogens is 2. The van der Waals surface area contributed by atoms with E-state index in [4.69, 9.17) is 4.74 Å². The van der Waals surface area contributed by atoms with Crippen LogP contribution in [0.4, 0.5) is 8.78 Å². The molecular formula is C18H17F2NO4. The standard InChI is InChI=1S/C18H17F2NO4/c19-18(20)25-15-8-6-13(7-9-15)10-11-21-16(22)12-24-17(23)14-4-2-1-3-5-14/h1-9,18H,10-12H2,(H,21,22). The fourth-order valence-corrected chi connectivity index (χ4v) is 2.02. The number of alkyl halides is 2. The summed E-state index contributed by atoms with van der Waals surface area (Å²) >= 11 is 0. The molecule has 1 amide bonds. The van der Waals surface area contributed by atoms with Gasteiger partial charge in [0.25, 0.3) is 5.91 Å². The first-order valence-electron chi connectivity index (χ1n) is 7.57. The fourth-order valence-electron chi connectivity index (χ4n) is 2.02. The largest absolute Gasteiger partial charge is 0.452 e. The number of nitrogens with one attached hydrogen (secondary N) is 1. The lowest BCUT2D eigenvalue weighted by atomic mass is 10.1. The van der Waals surface area contributed by atoms with Gasteiger partial charge in [-0.3, -0.25) is 4.79 Å². The van der Waals surface area contributed by atoms with Crippen LogP contribution in [0.1, 0.15) is 15.9 Å². The molecule has 0 aromatic heterocycles. The summed E-state index contributed by atoms with van der Waals surface area (Å²) in [4.78, 5) is 23.3. The molecule has 1 N–H and O–H groups in total. The van der Waals surface area contributed by atoms with Crippen LogP contribution in [0.5, 0.6) is 5.75 Å². The number of esters is 1. The highest BCUT2D eigenvalue weighted by Crippen LogP contribution is 2.14. The predicted molar refractivity (Wildman–Crippen MR) is 86.5 cm³/mol. The minimum absolute atomic E-state index is 0.0793. The van der Waals surface area contributed by atoms with E-state index in [0.29, 0.717) is 18.5 Å². The van der Waals surface area contributed by atoms with Gasteiger partial charge in [0, 0.05) is 6.54 Å². The van der Waals surface area contributed by atoms with Crippen LogP contribution < -0.4 is 10.1 Å². The van der Waals surface area contributed by atoms with Crippen molar-refractivity contribution < 1.29 is 27.8 Å². The summed E-state index contributed by atoms with van der Waals surface area (Å²) in [5.74, 6) is -0.900. The van der Waals surface area contributed by atoms with E-state index in [9.17, 15) is 18.4 Å². The van der Waals surface area contributed by atoms with Crippen LogP contribution in [0.2, 0.25) is 0 Å². The van der Waals surface area contributed by atoms with Crippen molar-refractivity contribution in [3.05, 3.63) is 65.7 Å². The maximum Gasteiger partial charge on any atom is 0.387 e. The Hall–Kier alpha value is -2.96. The Morgan fingerprint density at radius 2 is 1.68 bits per heavy atom. The van der Waals surface area contributed by atoms with Crippen LogP contribution in [0.25, 0.3) is 0 Å². The third-order valence-electron chi connectivity index (χ3n) is 3.23. The van der Waals surface area contributed by atoms with Crippen LogP contribution in [0, 0.1) is 0 Å². The first kappa shape index (κ1) is 18.4. The van der Waals surface area contributed by atoms with Gasteiger partial charge in [0.05, 0.1) is 5.56 Å². The van der Waals surface area contributed by atoms with Crippen LogP contribution in [0.15, 0.2) is 54.6 Å². The number of benzene rings is 2. The van der Waals surface area contributed by atoms with Crippen molar-refractivity contribution in [2.75, 3.05) is 13.2 Å². The van der Waals surface area contributed by atoms with Gasteiger partial charge in [-0.25, -0.2) is 4.79 Å². The van der Waals surface area contributed by atoms with Gasteiger partial charge in [-0.2, -0.15) is 8.78 Å². The number of hydrogen-bond donors (Lipinski definition) is 1. The molecule has 0 aliphatic carbocycles. The summed E-state index contributed by atoms with van der Waals surface area (Å²) in [7, 11) is 0. The van der Waals surface area contributed by atoms with E-state index in [2.05, 4.69) is 10.1 Å². The topological polar surface area (TPSA) is 64.6 Å². The van der Waals surface area contributed by atoms with E-state index in [-0.39, 0.29) is 12.4 Å². The van der Waals surface area contributed by atoms with Crippen LogP contribution >= 0.6 is 0 Å². The molecule has 0 bridgehead atoms. The molecule has 0 saturated heterocycles. The lowest BCUT2D eigenvalue weighted by molar-refractivity contribution is -0.124. The number of hydrogen-bond acceptors (Lipinski definition) is 4. The summed E-state index contributed by atoms with van der Waals surface area (Å²) < 4.78 is 33.2. The molecule has 5 nitrogen and oxygen atoms in total. The highest BCUT2D eigenvalue weighted by Gasteiger charge is 2.09. The fraction of sp³-hybridized carbons (Fsp3) is 0.222. The molecule has 0 saturated carbocycles. The molecule has 0 radical (unpaired) electrons. The van der Waals surface area contributed by atoms with Crippen molar-refractivity contribution in [3.8, 4) is 5.75 Å². The normalized spacial score (nSPS) is 10.4. The molecular weight excluding hydrogens is 332 g/mol. The SMILES string of the molecule is O=C(COC(=O)c1ccccc1)NCCc1ccc(OC(F)F)cc1. The summed E-state index contributed by atoms with van der Waals surface area (Å²) in [5.41, 5.74) is 1.23. The van der Waals surface area contributed by atoms with Gasteiger partial charge in [0.1, 0.15) is 5.75 Å². The van der Waals surface area contributed by atoms with Crippen molar-refractivity contribution in [2.45, 2.75) is 13.0 Å². The Morgan fingerprint density at radius 1 is 1.00 bits per heavy atom. The van der Waals surface area contributed by atoms with Crippen LogP contribution in [-0.2, 0) is 16.0 Å². The maximum absolute atomic E-state index is 12.0. The molecule has 132 valence electrons. The molecule has 0 heterocycles. The van der Waals surface area contributed by atoms with Gasteiger partial charge >= 0.3 is 12.6 Å². The van der Waals surface area contributed by atoms with Gasteiger partial charge in [0.15, 0.2) is 6.61 Å². The summed E-state index contributed by atoms with van der Waals surface area (Å²) in [5, 5.41) is 2.62. The molecule has 2 aromatic carbocycles. The molecule has 7 heteroatoms. The molecule has 0 atom stereocenters. The number of rotatable bonds is 8. The quantitative estimate of drug-likeness (QED) is 0.745. The molecule has 25 heavy (non-hydrogen) atoms. The average molecular weight is 349 g/mol. The third kappa shape index (κ3) is 6.58. The molecule has 0 aliphatic heterocycles. The molecule has 2 rings (SSSR count). The number of amides is 1. The van der Waals surface area contributed by atoms with Gasteiger partial charge in [-0.1, -0.05) is 30.3 Å². The van der Waals surface area contributed by atoms with E-state index < -0.39 is 18.5 Å². The second-order valence-corrected chi connectivity index (χ2v) is 5.06. The minimum atomic E-state index is -2.86. The van der Waals surface area contributed by atoms with Gasteiger partial charge in [0.2, 0.25) is 0 Å². The van der Waals surface area contributed by atoms with E-state index in [0.717, 1.165) is 5.56 Å². The molecule has 0 unspecified atom stereocenters. The lowest BCUT2D eigenvalue weighted by Gasteiger charge is -2.08. The zero-order valence-electron chi connectivity index (χ0n) is 13.3. The van der Waals surface area contributed by atoms with Crippen LogP contribution in [0.3, 0.4) is 0 Å². The van der Waals surface area contributed by atoms with E-state index in [1.807, 2.05) is 0 Å². The van der Waals surface area contributed by atoms with Gasteiger partial charge in [-0.15, -0.1) is 0 Å². The van der Waals surface area contributed by atoms with Crippen molar-refractivity contribution in [3.63, 3.8) is 0 Å². The highest BCUT2D eigenvalue weighted by molar-refractivity contribution is 5.91. The summed E-state index contributed by atoms with van der Waals surface area (Å²) in [6.07, 6.45) is 0.507. The van der Waals surface area contributed by atoms with E-state index in [1.165, 1.54) is 12.1 Å².